The topological polar surface area (TPSA) is 578 Å². The predicted octanol–water partition coefficient (Wildman–Crippen LogP) is -12.9. The van der Waals surface area contributed by atoms with Crippen molar-refractivity contribution >= 4 is 35.6 Å². The Hall–Kier alpha value is -4.14. The lowest BCUT2D eigenvalue weighted by molar-refractivity contribution is -0.397. The maximum atomic E-state index is 13.5. The van der Waals surface area contributed by atoms with Crippen molar-refractivity contribution in [2.45, 2.75) is 205 Å². The summed E-state index contributed by atoms with van der Waals surface area (Å²) in [5.74, 6) is -14.2. The van der Waals surface area contributed by atoms with Crippen molar-refractivity contribution in [3.63, 3.8) is 0 Å². The summed E-state index contributed by atoms with van der Waals surface area (Å²) in [4.78, 5) is 75.7. The van der Waals surface area contributed by atoms with Crippen LogP contribution in [0.2, 0.25) is 0 Å². The lowest BCUT2D eigenvalue weighted by Crippen LogP contribution is -2.72. The second-order valence-electron chi connectivity index (χ2n) is 19.8. The third-order valence-corrected chi connectivity index (χ3v) is 13.9. The van der Waals surface area contributed by atoms with E-state index in [1.54, 1.807) is 0 Å². The van der Waals surface area contributed by atoms with Gasteiger partial charge in [-0.25, -0.2) is 9.59 Å². The van der Waals surface area contributed by atoms with E-state index >= 15 is 0 Å². The molecule has 5 heterocycles. The van der Waals surface area contributed by atoms with Gasteiger partial charge < -0.3 is 151 Å². The van der Waals surface area contributed by atoms with Crippen molar-refractivity contribution in [1.82, 2.24) is 21.3 Å². The molecule has 0 saturated carbocycles. The molecular weight excluding hydrogens is 1100 g/mol. The average Bonchev–Trinajstić information content (AvgIpc) is 3.39. The van der Waals surface area contributed by atoms with E-state index in [1.165, 1.54) is 0 Å². The minimum Gasteiger partial charge on any atom is -0.477 e. The highest BCUT2D eigenvalue weighted by Crippen LogP contribution is 2.41. The minimum absolute atomic E-state index is 0.823. The van der Waals surface area contributed by atoms with E-state index < -0.39 is 246 Å². The molecule has 5 rings (SSSR count). The van der Waals surface area contributed by atoms with Crippen molar-refractivity contribution in [3.05, 3.63) is 0 Å². The molecule has 0 spiro atoms. The predicted molar refractivity (Wildman–Crippen MR) is 247 cm³/mol. The fourth-order valence-corrected chi connectivity index (χ4v) is 9.93. The number of aliphatic hydroxyl groups excluding tert-OH is 15. The van der Waals surface area contributed by atoms with E-state index in [0.717, 1.165) is 27.7 Å². The first-order valence-corrected chi connectivity index (χ1v) is 24.8. The summed E-state index contributed by atoms with van der Waals surface area (Å²) in [5.41, 5.74) is 0. The van der Waals surface area contributed by atoms with Gasteiger partial charge in [0.25, 0.3) is 11.6 Å². The average molecular weight is 1170 g/mol. The number of hydrogen-bond donors (Lipinski definition) is 21. The molecule has 0 aromatic rings. The molecule has 0 aromatic heterocycles. The first-order valence-electron chi connectivity index (χ1n) is 24.8. The standard InChI is InChI=1S/C44H72N4O32/c1-12(53)45-23-16(57)5-43(41(68)69,78-35(23)27(61)18(59)7-49)72-11-22-30(64)34(26(38(67)73-22)48-15(4)56)77-40-32(66)37(33(21(10-52)75-40)76-39-25(47-14(3)55)31(65)29(63)20(9-51)74-39)80-44(42(70)71)6-17(58)24(46-13(2)54)36(79-44)28(62)19(60)8-50/h16-40,49-52,57-67H,5-11H2,1-4H3,(H,45,53)(H,46,54)(H,47,55)(H,48,56)(H,68,69)(H,70,71)/t16-,17-,18+,19+,20+,21+,22+,23+,24+,25+,26+,27+,28+,29-,30-,31+,32+,33-,34+,35+,36+,37+,38+,39-,40-,43+,44-/m0/s1. The highest BCUT2D eigenvalue weighted by atomic mass is 16.8. The molecule has 5 aliphatic rings. The summed E-state index contributed by atoms with van der Waals surface area (Å²) >= 11 is 0. The Kier molecular flexibility index (Phi) is 23.3. The van der Waals surface area contributed by atoms with Gasteiger partial charge in [-0.2, -0.15) is 0 Å². The summed E-state index contributed by atoms with van der Waals surface area (Å²) < 4.78 is 52.2. The number of amides is 4. The van der Waals surface area contributed by atoms with E-state index in [0.29, 0.717) is 0 Å². The molecule has 5 fully saturated rings. The zero-order valence-electron chi connectivity index (χ0n) is 43.1. The van der Waals surface area contributed by atoms with E-state index in [1.807, 2.05) is 0 Å². The van der Waals surface area contributed by atoms with Crippen LogP contribution in [0, 0.1) is 0 Å². The van der Waals surface area contributed by atoms with Crippen LogP contribution in [-0.2, 0) is 71.4 Å². The van der Waals surface area contributed by atoms with Gasteiger partial charge in [0.1, 0.15) is 110 Å². The number of aliphatic hydroxyl groups is 15. The summed E-state index contributed by atoms with van der Waals surface area (Å²) in [6, 6.07) is -7.17. The number of rotatable bonds is 23. The number of carboxylic acid groups (broad SMARTS) is 2. The van der Waals surface area contributed by atoms with Crippen LogP contribution in [0.4, 0.5) is 0 Å². The Morgan fingerprint density at radius 2 is 0.950 bits per heavy atom. The van der Waals surface area contributed by atoms with Crippen LogP contribution in [-0.4, -0.2) is 320 Å². The summed E-state index contributed by atoms with van der Waals surface area (Å²) in [5, 5.41) is 193. The van der Waals surface area contributed by atoms with Crippen molar-refractivity contribution in [2.75, 3.05) is 33.0 Å². The molecule has 4 amide bonds. The van der Waals surface area contributed by atoms with E-state index in [9.17, 15) is 116 Å². The Labute approximate surface area is 452 Å². The first-order chi connectivity index (χ1) is 37.4. The second kappa shape index (κ2) is 28.0. The van der Waals surface area contributed by atoms with E-state index in [-0.39, 0.29) is 0 Å². The first kappa shape index (κ1) is 66.7. The number of ether oxygens (including phenoxy) is 9. The lowest BCUT2D eigenvalue weighted by atomic mass is 9.88. The molecule has 80 heavy (non-hydrogen) atoms. The normalized spacial score (nSPS) is 42.0. The lowest BCUT2D eigenvalue weighted by Gasteiger charge is -2.52. The van der Waals surface area contributed by atoms with Crippen molar-refractivity contribution in [3.8, 4) is 0 Å². The molecule has 0 aromatic carbocycles. The fraction of sp³-hybridized carbons (Fsp3) is 0.864. The molecule has 0 radical (unpaired) electrons. The highest BCUT2D eigenvalue weighted by Gasteiger charge is 2.62. The van der Waals surface area contributed by atoms with Gasteiger partial charge in [-0.3, -0.25) is 19.2 Å². The molecule has 36 nitrogen and oxygen atoms in total. The van der Waals surface area contributed by atoms with E-state index in [4.69, 9.17) is 42.6 Å². The zero-order valence-corrected chi connectivity index (χ0v) is 43.1. The van der Waals surface area contributed by atoms with Gasteiger partial charge >= 0.3 is 11.9 Å². The third-order valence-electron chi connectivity index (χ3n) is 13.9. The molecule has 36 heteroatoms. The smallest absolute Gasteiger partial charge is 0.364 e. The largest absolute Gasteiger partial charge is 0.477 e. The number of nitrogens with one attached hydrogen (secondary N) is 4. The highest BCUT2D eigenvalue weighted by molar-refractivity contribution is 5.77. The molecule has 5 aliphatic heterocycles. The van der Waals surface area contributed by atoms with Crippen LogP contribution < -0.4 is 21.3 Å². The summed E-state index contributed by atoms with van der Waals surface area (Å²) in [6.45, 7) is -2.04. The van der Waals surface area contributed by atoms with Crippen LogP contribution >= 0.6 is 0 Å². The summed E-state index contributed by atoms with van der Waals surface area (Å²) in [6.07, 6.45) is -47.9. The van der Waals surface area contributed by atoms with Crippen molar-refractivity contribution in [2.24, 2.45) is 0 Å². The van der Waals surface area contributed by atoms with Gasteiger partial charge in [0.15, 0.2) is 18.9 Å². The summed E-state index contributed by atoms with van der Waals surface area (Å²) in [7, 11) is 0. The Balaban J connectivity index is 1.58. The van der Waals surface area contributed by atoms with Crippen molar-refractivity contribution in [1.29, 1.82) is 0 Å². The molecule has 27 atom stereocenters. The molecule has 0 bridgehead atoms. The molecule has 5 saturated heterocycles. The van der Waals surface area contributed by atoms with Gasteiger partial charge in [0.2, 0.25) is 23.6 Å². The van der Waals surface area contributed by atoms with E-state index in [2.05, 4.69) is 21.3 Å². The number of hydrogen-bond acceptors (Lipinski definition) is 30. The Morgan fingerprint density at radius 1 is 0.512 bits per heavy atom. The number of aliphatic carboxylic acids is 2. The number of carbonyl (C=O) groups is 6. The van der Waals surface area contributed by atoms with Crippen LogP contribution in [0.3, 0.4) is 0 Å². The monoisotopic (exact) mass is 1170 g/mol. The maximum Gasteiger partial charge on any atom is 0.364 e. The van der Waals surface area contributed by atoms with Gasteiger partial charge in [0.05, 0.1) is 57.3 Å². The molecule has 21 N–H and O–H groups in total. The van der Waals surface area contributed by atoms with Gasteiger partial charge in [-0.15, -0.1) is 0 Å². The Morgan fingerprint density at radius 3 is 1.41 bits per heavy atom. The van der Waals surface area contributed by atoms with Crippen LogP contribution in [0.15, 0.2) is 0 Å². The second-order valence-corrected chi connectivity index (χ2v) is 19.8. The Bertz CT molecular complexity index is 2120. The molecular formula is C44H72N4O32. The number of carboxylic acids is 2. The zero-order chi connectivity index (χ0) is 60.0. The van der Waals surface area contributed by atoms with Crippen LogP contribution in [0.1, 0.15) is 40.5 Å². The third kappa shape index (κ3) is 14.8. The van der Waals surface area contributed by atoms with Gasteiger partial charge in [-0.05, 0) is 0 Å². The minimum atomic E-state index is -3.39. The molecule has 0 aliphatic carbocycles. The SMILES string of the molecule is CC(=O)N[C@@H]1[C@@H](O[C@@H]2O[C@H](CO)[C@H](O[C@@H]3O[C@H](CO)[C@H](O)[C@H](O)[C@H]3NC(C)=O)[C@H](O[C@]3(C(=O)O)C[C@H](O)[C@@H](NC(C)=O)[C@H]([C@H](O)[C@H](O)CO)O3)[C@H]2O)[C@@H](O)[C@@H](CO[C@]2(C(=O)O)C[C@H](O)[C@@H](NC(C)=O)[C@H]([C@H](O)[C@H](O)CO)O2)O[C@H]1O. The molecule has 460 valence electrons. The van der Waals surface area contributed by atoms with Crippen molar-refractivity contribution < 1.29 is 158 Å². The number of carbonyl (C=O) groups excluding carboxylic acids is 4. The van der Waals surface area contributed by atoms with Crippen LogP contribution in [0.5, 0.6) is 0 Å². The van der Waals surface area contributed by atoms with Gasteiger partial charge in [0, 0.05) is 40.5 Å². The quantitative estimate of drug-likeness (QED) is 0.0452. The van der Waals surface area contributed by atoms with Crippen LogP contribution in [0.25, 0.3) is 0 Å². The fourth-order valence-electron chi connectivity index (χ4n) is 9.93. The maximum absolute atomic E-state index is 13.5. The molecule has 0 unspecified atom stereocenters. The van der Waals surface area contributed by atoms with Gasteiger partial charge in [-0.1, -0.05) is 0 Å².